The maximum atomic E-state index is 13.2. The molecule has 2 amide bonds. The number of hydrogen-bond donors (Lipinski definition) is 0. The standard InChI is InChI=1S/C24H21NO4/c1-28-14-6-8-16(9-7-14)29-15-4-2-13(3-5-15)25-23(26)21-17-10-11-18(20-12-19(17)20)22(21)24(25)27/h2-11,17-22H,12H2,1H3/t17-,18-,19-,20-,21+,22+/m1/s1. The fourth-order valence-corrected chi connectivity index (χ4v) is 5.65. The third-order valence-electron chi connectivity index (χ3n) is 7.05. The molecule has 2 aromatic carbocycles. The molecule has 0 radical (unpaired) electrons. The second-order valence-corrected chi connectivity index (χ2v) is 8.44. The molecule has 0 unspecified atom stereocenters. The number of ether oxygens (including phenoxy) is 2. The van der Waals surface area contributed by atoms with Crippen LogP contribution >= 0.6 is 0 Å². The van der Waals surface area contributed by atoms with Gasteiger partial charge in [-0.15, -0.1) is 0 Å². The molecule has 2 aromatic rings. The van der Waals surface area contributed by atoms with Crippen LogP contribution in [0.3, 0.4) is 0 Å². The molecular formula is C24H21NO4. The highest BCUT2D eigenvalue weighted by molar-refractivity contribution is 6.22. The van der Waals surface area contributed by atoms with Gasteiger partial charge in [-0.05, 0) is 78.6 Å². The van der Waals surface area contributed by atoms with Crippen LogP contribution in [0.15, 0.2) is 60.7 Å². The number of amides is 2. The van der Waals surface area contributed by atoms with Gasteiger partial charge in [0, 0.05) is 0 Å². The molecule has 6 atom stereocenters. The minimum atomic E-state index is -0.170. The van der Waals surface area contributed by atoms with Gasteiger partial charge in [0.25, 0.3) is 0 Å². The predicted molar refractivity (Wildman–Crippen MR) is 107 cm³/mol. The van der Waals surface area contributed by atoms with E-state index in [1.807, 2.05) is 24.3 Å². The van der Waals surface area contributed by atoms with Gasteiger partial charge in [-0.25, -0.2) is 0 Å². The molecule has 1 aliphatic heterocycles. The van der Waals surface area contributed by atoms with Crippen LogP contribution in [0.1, 0.15) is 6.42 Å². The Morgan fingerprint density at radius 1 is 0.759 bits per heavy atom. The summed E-state index contributed by atoms with van der Waals surface area (Å²) in [4.78, 5) is 27.7. The molecule has 5 aliphatic rings. The number of methoxy groups -OCH3 is 1. The van der Waals surface area contributed by atoms with Crippen molar-refractivity contribution in [3.8, 4) is 17.2 Å². The molecule has 2 bridgehead atoms. The average Bonchev–Trinajstić information content (AvgIpc) is 3.53. The quantitative estimate of drug-likeness (QED) is 0.587. The lowest BCUT2D eigenvalue weighted by Crippen LogP contribution is -2.40. The van der Waals surface area contributed by atoms with Crippen LogP contribution in [-0.2, 0) is 9.59 Å². The number of anilines is 1. The Morgan fingerprint density at radius 3 is 1.76 bits per heavy atom. The van der Waals surface area contributed by atoms with E-state index in [1.54, 1.807) is 31.4 Å². The third-order valence-corrected chi connectivity index (χ3v) is 7.05. The fraction of sp³-hybridized carbons (Fsp3) is 0.333. The summed E-state index contributed by atoms with van der Waals surface area (Å²) < 4.78 is 11.0. The number of nitrogens with zero attached hydrogens (tertiary/aromatic N) is 1. The number of allylic oxidation sites excluding steroid dienone is 2. The lowest BCUT2D eigenvalue weighted by atomic mass is 9.63. The van der Waals surface area contributed by atoms with Gasteiger partial charge in [-0.2, -0.15) is 0 Å². The number of benzene rings is 2. The Hall–Kier alpha value is -3.08. The zero-order valence-corrected chi connectivity index (χ0v) is 16.0. The van der Waals surface area contributed by atoms with E-state index in [0.29, 0.717) is 29.0 Å². The Balaban J connectivity index is 1.23. The van der Waals surface area contributed by atoms with E-state index < -0.39 is 0 Å². The molecule has 0 aromatic heterocycles. The first kappa shape index (κ1) is 16.8. The summed E-state index contributed by atoms with van der Waals surface area (Å²) >= 11 is 0. The Kier molecular flexibility index (Phi) is 3.46. The van der Waals surface area contributed by atoms with E-state index in [4.69, 9.17) is 9.47 Å². The molecule has 5 heteroatoms. The lowest BCUT2D eigenvalue weighted by molar-refractivity contribution is -0.124. The van der Waals surface area contributed by atoms with Gasteiger partial charge in [0.15, 0.2) is 0 Å². The van der Waals surface area contributed by atoms with Crippen molar-refractivity contribution >= 4 is 17.5 Å². The normalized spacial score (nSPS) is 33.5. The Bertz CT molecular complexity index is 990. The molecule has 5 nitrogen and oxygen atoms in total. The van der Waals surface area contributed by atoms with Crippen LogP contribution in [0, 0.1) is 35.5 Å². The molecule has 1 heterocycles. The van der Waals surface area contributed by atoms with Crippen molar-refractivity contribution in [1.82, 2.24) is 0 Å². The summed E-state index contributed by atoms with van der Waals surface area (Å²) in [7, 11) is 1.62. The second kappa shape index (κ2) is 5.96. The molecule has 3 fully saturated rings. The number of carbonyl (C=O) groups excluding carboxylic acids is 2. The molecule has 1 saturated heterocycles. The van der Waals surface area contributed by atoms with Crippen molar-refractivity contribution in [2.45, 2.75) is 6.42 Å². The summed E-state index contributed by atoms with van der Waals surface area (Å²) in [5.41, 5.74) is 0.629. The first-order valence-electron chi connectivity index (χ1n) is 10.1. The summed E-state index contributed by atoms with van der Waals surface area (Å²) in [6.45, 7) is 0. The van der Waals surface area contributed by atoms with Gasteiger partial charge >= 0.3 is 0 Å². The minimum Gasteiger partial charge on any atom is -0.497 e. The van der Waals surface area contributed by atoms with Crippen LogP contribution in [0.5, 0.6) is 17.2 Å². The van der Waals surface area contributed by atoms with Crippen LogP contribution in [0.4, 0.5) is 5.69 Å². The van der Waals surface area contributed by atoms with Gasteiger partial charge < -0.3 is 9.47 Å². The molecule has 146 valence electrons. The highest BCUT2D eigenvalue weighted by Crippen LogP contribution is 2.65. The second-order valence-electron chi connectivity index (χ2n) is 8.44. The summed E-state index contributed by atoms with van der Waals surface area (Å²) in [5, 5.41) is 0. The molecular weight excluding hydrogens is 366 g/mol. The highest BCUT2D eigenvalue weighted by Gasteiger charge is 2.67. The zero-order chi connectivity index (χ0) is 19.7. The Morgan fingerprint density at radius 2 is 1.24 bits per heavy atom. The van der Waals surface area contributed by atoms with E-state index in [2.05, 4.69) is 12.2 Å². The van der Waals surface area contributed by atoms with Crippen molar-refractivity contribution in [2.75, 3.05) is 12.0 Å². The van der Waals surface area contributed by atoms with Crippen molar-refractivity contribution in [2.24, 2.45) is 35.5 Å². The van der Waals surface area contributed by atoms with Crippen LogP contribution < -0.4 is 14.4 Å². The van der Waals surface area contributed by atoms with Crippen molar-refractivity contribution in [1.29, 1.82) is 0 Å². The molecule has 0 spiro atoms. The summed E-state index contributed by atoms with van der Waals surface area (Å²) in [6.07, 6.45) is 5.56. The molecule has 4 aliphatic carbocycles. The zero-order valence-electron chi connectivity index (χ0n) is 16.0. The number of rotatable bonds is 4. The first-order valence-corrected chi connectivity index (χ1v) is 10.1. The topological polar surface area (TPSA) is 55.8 Å². The predicted octanol–water partition coefficient (Wildman–Crippen LogP) is 4.05. The summed E-state index contributed by atoms with van der Waals surface area (Å²) in [6, 6.07) is 14.5. The summed E-state index contributed by atoms with van der Waals surface area (Å²) in [5.74, 6) is 3.42. The third kappa shape index (κ3) is 2.40. The van der Waals surface area contributed by atoms with E-state index in [-0.39, 0.29) is 35.5 Å². The minimum absolute atomic E-state index is 0.0338. The van der Waals surface area contributed by atoms with E-state index in [1.165, 1.54) is 11.3 Å². The van der Waals surface area contributed by atoms with Gasteiger partial charge in [-0.3, -0.25) is 14.5 Å². The highest BCUT2D eigenvalue weighted by atomic mass is 16.5. The van der Waals surface area contributed by atoms with Crippen LogP contribution in [-0.4, -0.2) is 18.9 Å². The maximum absolute atomic E-state index is 13.2. The lowest BCUT2D eigenvalue weighted by Gasteiger charge is -2.37. The van der Waals surface area contributed by atoms with Gasteiger partial charge in [0.1, 0.15) is 17.2 Å². The van der Waals surface area contributed by atoms with Crippen molar-refractivity contribution < 1.29 is 19.1 Å². The van der Waals surface area contributed by atoms with E-state index in [9.17, 15) is 9.59 Å². The van der Waals surface area contributed by atoms with Crippen LogP contribution in [0.2, 0.25) is 0 Å². The maximum Gasteiger partial charge on any atom is 0.238 e. The van der Waals surface area contributed by atoms with E-state index >= 15 is 0 Å². The molecule has 2 saturated carbocycles. The molecule has 0 N–H and O–H groups in total. The smallest absolute Gasteiger partial charge is 0.238 e. The number of carbonyl (C=O) groups is 2. The fourth-order valence-electron chi connectivity index (χ4n) is 5.65. The largest absolute Gasteiger partial charge is 0.497 e. The molecule has 7 rings (SSSR count). The van der Waals surface area contributed by atoms with Gasteiger partial charge in [0.2, 0.25) is 11.8 Å². The number of hydrogen-bond acceptors (Lipinski definition) is 4. The Labute approximate surface area is 168 Å². The molecule has 29 heavy (non-hydrogen) atoms. The number of imide groups is 1. The van der Waals surface area contributed by atoms with Crippen LogP contribution in [0.25, 0.3) is 0 Å². The van der Waals surface area contributed by atoms with Gasteiger partial charge in [-0.1, -0.05) is 12.2 Å². The van der Waals surface area contributed by atoms with Crippen molar-refractivity contribution in [3.05, 3.63) is 60.7 Å². The monoisotopic (exact) mass is 387 g/mol. The van der Waals surface area contributed by atoms with E-state index in [0.717, 1.165) is 5.75 Å². The average molecular weight is 387 g/mol. The SMILES string of the molecule is COc1ccc(Oc2ccc(N3C(=O)[C@H]4[C@@H]5C=C[C@H]([C@H]6C[C@H]56)[C@@H]4C3=O)cc2)cc1. The van der Waals surface area contributed by atoms with Gasteiger partial charge in [0.05, 0.1) is 24.6 Å². The van der Waals surface area contributed by atoms with Crippen molar-refractivity contribution in [3.63, 3.8) is 0 Å². The first-order chi connectivity index (χ1) is 14.2.